The molecule has 0 heterocycles. The van der Waals surface area contributed by atoms with E-state index < -0.39 is 29.8 Å². The van der Waals surface area contributed by atoms with Crippen molar-refractivity contribution in [1.82, 2.24) is 5.32 Å². The smallest absolute Gasteiger partial charge is 0.326 e. The van der Waals surface area contributed by atoms with Crippen LogP contribution in [0, 0.1) is 5.92 Å². The number of carbonyl (C=O) groups is 4. The van der Waals surface area contributed by atoms with Crippen LogP contribution in [0.1, 0.15) is 122 Å². The summed E-state index contributed by atoms with van der Waals surface area (Å²) in [5.74, 6) is -3.30. The summed E-state index contributed by atoms with van der Waals surface area (Å²) in [4.78, 5) is 47.7. The number of rotatable bonds is 26. The molecule has 8 nitrogen and oxygen atoms in total. The summed E-state index contributed by atoms with van der Waals surface area (Å²) in [7, 11) is 0. The number of hydrogen-bond donors (Lipinski definition) is 4. The van der Waals surface area contributed by atoms with Gasteiger partial charge in [0.2, 0.25) is 5.91 Å². The predicted octanol–water partition coefficient (Wildman–Crippen LogP) is 4.82. The first-order valence-electron chi connectivity index (χ1n) is 14.5. The van der Waals surface area contributed by atoms with Gasteiger partial charge < -0.3 is 26.7 Å². The van der Waals surface area contributed by atoms with Crippen LogP contribution in [0.2, 0.25) is 0 Å². The van der Waals surface area contributed by atoms with Crippen molar-refractivity contribution in [2.24, 2.45) is 17.4 Å². The third kappa shape index (κ3) is 19.7. The van der Waals surface area contributed by atoms with Gasteiger partial charge in [-0.2, -0.15) is 0 Å². The Morgan fingerprint density at radius 1 is 0.838 bits per heavy atom. The molecule has 0 aliphatic rings. The second kappa shape index (κ2) is 24.3. The van der Waals surface area contributed by atoms with Crippen LogP contribution in [0.4, 0.5) is 0 Å². The van der Waals surface area contributed by atoms with Gasteiger partial charge in [-0.05, 0) is 57.9 Å². The minimum Gasteiger partial charge on any atom is -0.480 e. The topological polar surface area (TPSA) is 153 Å². The van der Waals surface area contributed by atoms with Crippen molar-refractivity contribution in [1.29, 1.82) is 0 Å². The highest BCUT2D eigenvalue weighted by Crippen LogP contribution is 2.13. The second-order valence-electron chi connectivity index (χ2n) is 10.1. The number of carboxylic acids is 1. The van der Waals surface area contributed by atoms with E-state index in [0.717, 1.165) is 38.5 Å². The minimum atomic E-state index is -1.30. The number of nitrogens with two attached hydrogens (primary N) is 2. The summed E-state index contributed by atoms with van der Waals surface area (Å²) in [5.41, 5.74) is 11.3. The molecular weight excluding hydrogens is 470 g/mol. The highest BCUT2D eigenvalue weighted by Gasteiger charge is 2.30. The molecule has 0 aromatic carbocycles. The molecule has 3 atom stereocenters. The number of unbranched alkanes of at least 4 members (excludes halogenated alkanes) is 12. The average Bonchev–Trinajstić information content (AvgIpc) is 2.88. The van der Waals surface area contributed by atoms with Gasteiger partial charge in [-0.3, -0.25) is 9.59 Å². The lowest BCUT2D eigenvalue weighted by Gasteiger charge is -2.20. The van der Waals surface area contributed by atoms with E-state index in [1.165, 1.54) is 44.9 Å². The third-order valence-corrected chi connectivity index (χ3v) is 6.65. The summed E-state index contributed by atoms with van der Waals surface area (Å²) in [6.45, 7) is 2.72. The zero-order chi connectivity index (χ0) is 27.7. The molecule has 1 unspecified atom stereocenters. The fourth-order valence-electron chi connectivity index (χ4n) is 4.26. The quantitative estimate of drug-likeness (QED) is 0.0548. The molecule has 0 fully saturated rings. The number of allylic oxidation sites excluding steroid dienone is 2. The Labute approximate surface area is 224 Å². The second-order valence-corrected chi connectivity index (χ2v) is 10.1. The number of hydrogen-bond acceptors (Lipinski definition) is 6. The average molecular weight is 524 g/mol. The van der Waals surface area contributed by atoms with Crippen molar-refractivity contribution < 1.29 is 24.3 Å². The number of aliphatic carboxylic acids is 1. The maximum absolute atomic E-state index is 12.4. The van der Waals surface area contributed by atoms with Gasteiger partial charge in [0.1, 0.15) is 12.3 Å². The summed E-state index contributed by atoms with van der Waals surface area (Å²) in [6, 6.07) is -2.14. The molecule has 0 radical (unpaired) electrons. The molecule has 214 valence electrons. The van der Waals surface area contributed by atoms with E-state index in [4.69, 9.17) is 11.5 Å². The predicted molar refractivity (Wildman–Crippen MR) is 149 cm³/mol. The minimum absolute atomic E-state index is 0.222. The number of ketones is 1. The molecule has 0 saturated carbocycles. The van der Waals surface area contributed by atoms with E-state index in [-0.39, 0.29) is 18.7 Å². The maximum Gasteiger partial charge on any atom is 0.326 e. The molecule has 8 heteroatoms. The van der Waals surface area contributed by atoms with Gasteiger partial charge in [0.25, 0.3) is 0 Å². The summed E-state index contributed by atoms with van der Waals surface area (Å²) >= 11 is 0. The fraction of sp³-hybridized carbons (Fsp3) is 0.793. The van der Waals surface area contributed by atoms with Crippen LogP contribution in [-0.4, -0.2) is 47.7 Å². The molecule has 1 amide bonds. The lowest BCUT2D eigenvalue weighted by atomic mass is 9.90. The number of nitrogens with one attached hydrogen (secondary N) is 1. The van der Waals surface area contributed by atoms with Crippen molar-refractivity contribution in [3.8, 4) is 0 Å². The standard InChI is InChI=1S/C29H53N3O5/c1-2-3-4-5-6-7-8-9-10-11-12-13-14-15-16-20-27(34)32-26(29(36)37)22-24(23-33)28(35)25(31)19-17-18-21-30/h9-10,23-26H,2-8,11-22,30-31H2,1H3,(H,32,34)(H,36,37)/b10-9-/t24?,25-,26-/m0/s1. The molecule has 0 aliphatic heterocycles. The number of carbonyl (C=O) groups excluding carboxylic acids is 3. The first-order valence-corrected chi connectivity index (χ1v) is 14.5. The SMILES string of the molecule is CCCCCCCC/C=C\CCCCCCCC(=O)N[C@@H](CC(C=O)C(=O)[C@@H](N)CCCCN)C(=O)O. The van der Waals surface area contributed by atoms with Crippen LogP contribution < -0.4 is 16.8 Å². The summed E-state index contributed by atoms with van der Waals surface area (Å²) in [6.07, 6.45) is 21.7. The Balaban J connectivity index is 4.07. The molecule has 0 bridgehead atoms. The van der Waals surface area contributed by atoms with Gasteiger partial charge in [-0.15, -0.1) is 0 Å². The largest absolute Gasteiger partial charge is 0.480 e. The van der Waals surface area contributed by atoms with E-state index in [2.05, 4.69) is 24.4 Å². The number of amides is 1. The monoisotopic (exact) mass is 523 g/mol. The Morgan fingerprint density at radius 2 is 1.41 bits per heavy atom. The molecule has 0 spiro atoms. The normalized spacial score (nSPS) is 13.8. The van der Waals surface area contributed by atoms with Crippen LogP contribution in [0.15, 0.2) is 12.2 Å². The van der Waals surface area contributed by atoms with E-state index in [9.17, 15) is 24.3 Å². The van der Waals surface area contributed by atoms with Crippen molar-refractivity contribution in [2.75, 3.05) is 6.54 Å². The summed E-state index contributed by atoms with van der Waals surface area (Å²) < 4.78 is 0. The molecular formula is C29H53N3O5. The zero-order valence-electron chi connectivity index (χ0n) is 23.1. The molecule has 0 rings (SSSR count). The first-order chi connectivity index (χ1) is 17.9. The number of aldehydes is 1. The van der Waals surface area contributed by atoms with Crippen molar-refractivity contribution in [2.45, 2.75) is 135 Å². The lowest BCUT2D eigenvalue weighted by molar-refractivity contribution is -0.143. The Bertz CT molecular complexity index is 653. The van der Waals surface area contributed by atoms with Crippen molar-refractivity contribution >= 4 is 23.9 Å². The molecule has 0 aliphatic carbocycles. The van der Waals surface area contributed by atoms with Gasteiger partial charge in [0.05, 0.1) is 12.0 Å². The van der Waals surface area contributed by atoms with Gasteiger partial charge >= 0.3 is 5.97 Å². The van der Waals surface area contributed by atoms with Gasteiger partial charge in [-0.1, -0.05) is 76.9 Å². The highest BCUT2D eigenvalue weighted by atomic mass is 16.4. The number of carboxylic acid groups (broad SMARTS) is 1. The van der Waals surface area contributed by atoms with Crippen LogP contribution in [0.25, 0.3) is 0 Å². The van der Waals surface area contributed by atoms with E-state index in [1.807, 2.05) is 0 Å². The van der Waals surface area contributed by atoms with Crippen molar-refractivity contribution in [3.63, 3.8) is 0 Å². The van der Waals surface area contributed by atoms with E-state index in [0.29, 0.717) is 32.1 Å². The maximum atomic E-state index is 12.4. The Morgan fingerprint density at radius 3 is 1.95 bits per heavy atom. The van der Waals surface area contributed by atoms with E-state index in [1.54, 1.807) is 0 Å². The van der Waals surface area contributed by atoms with E-state index >= 15 is 0 Å². The molecule has 0 saturated heterocycles. The third-order valence-electron chi connectivity index (χ3n) is 6.65. The highest BCUT2D eigenvalue weighted by molar-refractivity contribution is 5.97. The first kappa shape index (κ1) is 34.9. The van der Waals surface area contributed by atoms with Crippen LogP contribution in [-0.2, 0) is 19.2 Å². The fourth-order valence-corrected chi connectivity index (χ4v) is 4.26. The Kier molecular flexibility index (Phi) is 22.9. The summed E-state index contributed by atoms with van der Waals surface area (Å²) in [5, 5.41) is 11.9. The number of Topliss-reactive ketones (excluding diaryl/α,β-unsaturated/α-hetero) is 1. The lowest BCUT2D eigenvalue weighted by Crippen LogP contribution is -2.45. The molecule has 0 aromatic rings. The van der Waals surface area contributed by atoms with Gasteiger partial charge in [-0.25, -0.2) is 4.79 Å². The van der Waals surface area contributed by atoms with Crippen LogP contribution >= 0.6 is 0 Å². The van der Waals surface area contributed by atoms with Gasteiger partial charge in [0.15, 0.2) is 5.78 Å². The van der Waals surface area contributed by atoms with Crippen molar-refractivity contribution in [3.05, 3.63) is 12.2 Å². The van der Waals surface area contributed by atoms with Crippen LogP contribution in [0.5, 0.6) is 0 Å². The molecule has 37 heavy (non-hydrogen) atoms. The molecule has 6 N–H and O–H groups in total. The van der Waals surface area contributed by atoms with Crippen LogP contribution in [0.3, 0.4) is 0 Å². The van der Waals surface area contributed by atoms with Gasteiger partial charge in [0, 0.05) is 6.42 Å². The Hall–Kier alpha value is -2.06. The molecule has 0 aromatic heterocycles. The zero-order valence-corrected chi connectivity index (χ0v) is 23.1.